The number of aryl methyl sites for hydroxylation is 2. The second-order valence-electron chi connectivity index (χ2n) is 5.05. The molecule has 0 radical (unpaired) electrons. The Labute approximate surface area is 131 Å². The van der Waals surface area contributed by atoms with Crippen LogP contribution in [0.25, 0.3) is 0 Å². The smallest absolute Gasteiger partial charge is 0.278 e. The van der Waals surface area contributed by atoms with Crippen molar-refractivity contribution in [3.63, 3.8) is 0 Å². The van der Waals surface area contributed by atoms with Gasteiger partial charge in [0.1, 0.15) is 5.01 Å². The lowest BCUT2D eigenvalue weighted by atomic mass is 10.1. The molecule has 0 unspecified atom stereocenters. The molecule has 0 fully saturated rings. The summed E-state index contributed by atoms with van der Waals surface area (Å²) in [5.74, 6) is -0.501. The van der Waals surface area contributed by atoms with Crippen LogP contribution < -0.4 is 5.32 Å². The highest BCUT2D eigenvalue weighted by atomic mass is 32.2. The van der Waals surface area contributed by atoms with Crippen molar-refractivity contribution in [2.24, 2.45) is 7.05 Å². The third-order valence-electron chi connectivity index (χ3n) is 3.49. The van der Waals surface area contributed by atoms with Gasteiger partial charge in [-0.05, 0) is 6.42 Å². The first-order valence-corrected chi connectivity index (χ1v) is 9.42. The molecule has 0 atom stereocenters. The van der Waals surface area contributed by atoms with E-state index in [-0.39, 0.29) is 17.2 Å². The number of nitrogens with zero attached hydrogens (tertiary/aromatic N) is 4. The Hall–Kier alpha value is -1.81. The SMILES string of the molecule is CCc1nnc(NC(=O)c2nn(C)c3c2CS(=O)(=O)CC3)s1. The Morgan fingerprint density at radius 1 is 1.41 bits per heavy atom. The van der Waals surface area contributed by atoms with E-state index in [1.54, 1.807) is 11.7 Å². The third kappa shape index (κ3) is 2.75. The molecule has 22 heavy (non-hydrogen) atoms. The normalized spacial score (nSPS) is 16.3. The molecule has 3 rings (SSSR count). The van der Waals surface area contributed by atoms with Gasteiger partial charge in [0.15, 0.2) is 15.5 Å². The highest BCUT2D eigenvalue weighted by molar-refractivity contribution is 7.90. The Bertz CT molecular complexity index is 837. The fraction of sp³-hybridized carbons (Fsp3) is 0.500. The van der Waals surface area contributed by atoms with Crippen molar-refractivity contribution in [3.05, 3.63) is 22.0 Å². The predicted octanol–water partition coefficient (Wildman–Crippen LogP) is 0.557. The Morgan fingerprint density at radius 2 is 2.18 bits per heavy atom. The summed E-state index contributed by atoms with van der Waals surface area (Å²) in [6.07, 6.45) is 1.12. The van der Waals surface area contributed by atoms with Gasteiger partial charge in [-0.15, -0.1) is 10.2 Å². The van der Waals surface area contributed by atoms with Crippen LogP contribution in [0.3, 0.4) is 0 Å². The van der Waals surface area contributed by atoms with Crippen molar-refractivity contribution in [3.8, 4) is 0 Å². The molecule has 0 spiro atoms. The van der Waals surface area contributed by atoms with Crippen LogP contribution in [0, 0.1) is 0 Å². The lowest BCUT2D eigenvalue weighted by molar-refractivity contribution is 0.102. The molecule has 2 aromatic rings. The molecule has 1 aliphatic heterocycles. The zero-order chi connectivity index (χ0) is 15.9. The van der Waals surface area contributed by atoms with Crippen molar-refractivity contribution in [2.75, 3.05) is 11.1 Å². The van der Waals surface area contributed by atoms with Crippen molar-refractivity contribution < 1.29 is 13.2 Å². The minimum absolute atomic E-state index is 0.0941. The van der Waals surface area contributed by atoms with Crippen molar-refractivity contribution in [1.29, 1.82) is 0 Å². The van der Waals surface area contributed by atoms with E-state index in [1.165, 1.54) is 11.3 Å². The zero-order valence-electron chi connectivity index (χ0n) is 12.2. The molecule has 118 valence electrons. The van der Waals surface area contributed by atoms with Gasteiger partial charge in [0.25, 0.3) is 5.91 Å². The van der Waals surface area contributed by atoms with Gasteiger partial charge in [-0.1, -0.05) is 18.3 Å². The highest BCUT2D eigenvalue weighted by Crippen LogP contribution is 2.25. The van der Waals surface area contributed by atoms with E-state index in [4.69, 9.17) is 0 Å². The first-order valence-electron chi connectivity index (χ1n) is 6.78. The number of carbonyl (C=O) groups excluding carboxylic acids is 1. The number of nitrogens with one attached hydrogen (secondary N) is 1. The summed E-state index contributed by atoms with van der Waals surface area (Å²) in [5.41, 5.74) is 1.44. The van der Waals surface area contributed by atoms with Crippen LogP contribution in [0.2, 0.25) is 0 Å². The fourth-order valence-corrected chi connectivity index (χ4v) is 4.46. The number of amides is 1. The number of hydrogen-bond donors (Lipinski definition) is 1. The summed E-state index contributed by atoms with van der Waals surface area (Å²) in [7, 11) is -1.45. The fourth-order valence-electron chi connectivity index (χ4n) is 2.40. The minimum Gasteiger partial charge on any atom is -0.295 e. The van der Waals surface area contributed by atoms with Crippen LogP contribution in [-0.4, -0.2) is 40.1 Å². The summed E-state index contributed by atoms with van der Waals surface area (Å²) >= 11 is 1.29. The molecule has 0 saturated heterocycles. The van der Waals surface area contributed by atoms with Gasteiger partial charge in [-0.2, -0.15) is 5.10 Å². The molecule has 10 heteroatoms. The Kier molecular flexibility index (Phi) is 3.73. The van der Waals surface area contributed by atoms with Crippen LogP contribution in [0.5, 0.6) is 0 Å². The number of carbonyl (C=O) groups is 1. The molecular formula is C12H15N5O3S2. The quantitative estimate of drug-likeness (QED) is 0.874. The number of aromatic nitrogens is 4. The van der Waals surface area contributed by atoms with Gasteiger partial charge in [0, 0.05) is 24.7 Å². The van der Waals surface area contributed by atoms with Crippen LogP contribution in [0.15, 0.2) is 0 Å². The summed E-state index contributed by atoms with van der Waals surface area (Å²) in [6, 6.07) is 0. The Balaban J connectivity index is 1.90. The highest BCUT2D eigenvalue weighted by Gasteiger charge is 2.30. The minimum atomic E-state index is -3.17. The maximum absolute atomic E-state index is 12.4. The molecular weight excluding hydrogens is 326 g/mol. The third-order valence-corrected chi connectivity index (χ3v) is 6.03. The molecule has 1 aliphatic rings. The van der Waals surface area contributed by atoms with E-state index in [0.717, 1.165) is 17.1 Å². The standard InChI is InChI=1S/C12H15N5O3S2/c1-3-9-14-15-12(21-9)13-11(18)10-7-6-22(19,20)5-4-8(7)17(2)16-10/h3-6H2,1-2H3,(H,13,15,18). The van der Waals surface area contributed by atoms with Crippen molar-refractivity contribution >= 4 is 32.2 Å². The molecule has 2 aromatic heterocycles. The van der Waals surface area contributed by atoms with Gasteiger partial charge < -0.3 is 0 Å². The largest absolute Gasteiger partial charge is 0.295 e. The van der Waals surface area contributed by atoms with E-state index in [9.17, 15) is 13.2 Å². The summed E-state index contributed by atoms with van der Waals surface area (Å²) in [4.78, 5) is 12.4. The van der Waals surface area contributed by atoms with E-state index in [0.29, 0.717) is 17.1 Å². The molecule has 1 N–H and O–H groups in total. The van der Waals surface area contributed by atoms with Gasteiger partial charge in [-0.3, -0.25) is 14.8 Å². The van der Waals surface area contributed by atoms with Gasteiger partial charge in [-0.25, -0.2) is 8.42 Å². The van der Waals surface area contributed by atoms with Crippen LogP contribution >= 0.6 is 11.3 Å². The maximum Gasteiger partial charge on any atom is 0.278 e. The molecule has 0 aliphatic carbocycles. The van der Waals surface area contributed by atoms with Crippen LogP contribution in [0.1, 0.15) is 33.7 Å². The second kappa shape index (κ2) is 5.43. The van der Waals surface area contributed by atoms with E-state index >= 15 is 0 Å². The zero-order valence-corrected chi connectivity index (χ0v) is 13.8. The molecule has 8 nitrogen and oxygen atoms in total. The first kappa shape index (κ1) is 15.1. The number of anilines is 1. The van der Waals surface area contributed by atoms with Crippen molar-refractivity contribution in [1.82, 2.24) is 20.0 Å². The van der Waals surface area contributed by atoms with E-state index < -0.39 is 15.7 Å². The second-order valence-corrected chi connectivity index (χ2v) is 8.29. The number of rotatable bonds is 3. The Morgan fingerprint density at radius 3 is 2.86 bits per heavy atom. The summed E-state index contributed by atoms with van der Waals surface area (Å²) in [6.45, 7) is 1.95. The van der Waals surface area contributed by atoms with Gasteiger partial charge in [0.2, 0.25) is 5.13 Å². The number of sulfone groups is 1. The average Bonchev–Trinajstić information content (AvgIpc) is 3.02. The van der Waals surface area contributed by atoms with Crippen LogP contribution in [0.4, 0.5) is 5.13 Å². The molecule has 0 aromatic carbocycles. The maximum atomic E-state index is 12.4. The van der Waals surface area contributed by atoms with Gasteiger partial charge >= 0.3 is 0 Å². The molecule has 0 saturated carbocycles. The van der Waals surface area contributed by atoms with Crippen LogP contribution in [-0.2, 0) is 35.5 Å². The number of hydrogen-bond acceptors (Lipinski definition) is 7. The molecule has 3 heterocycles. The van der Waals surface area contributed by atoms with Crippen molar-refractivity contribution in [2.45, 2.75) is 25.5 Å². The molecule has 0 bridgehead atoms. The molecule has 1 amide bonds. The van der Waals surface area contributed by atoms with Gasteiger partial charge in [0.05, 0.1) is 11.5 Å². The lowest BCUT2D eigenvalue weighted by Gasteiger charge is -2.13. The monoisotopic (exact) mass is 341 g/mol. The topological polar surface area (TPSA) is 107 Å². The summed E-state index contributed by atoms with van der Waals surface area (Å²) in [5, 5.41) is 15.8. The summed E-state index contributed by atoms with van der Waals surface area (Å²) < 4.78 is 25.2. The number of fused-ring (bicyclic) bond motifs is 1. The van der Waals surface area contributed by atoms with E-state index in [2.05, 4.69) is 20.6 Å². The predicted molar refractivity (Wildman–Crippen MR) is 81.6 cm³/mol. The van der Waals surface area contributed by atoms with E-state index in [1.807, 2.05) is 6.92 Å². The first-order chi connectivity index (χ1) is 10.4. The average molecular weight is 341 g/mol. The lowest BCUT2D eigenvalue weighted by Crippen LogP contribution is -2.22.